The number of methoxy groups -OCH3 is 1. The van der Waals surface area contributed by atoms with Crippen LogP contribution in [-0.4, -0.2) is 64.0 Å². The van der Waals surface area contributed by atoms with Gasteiger partial charge in [-0.25, -0.2) is 18.2 Å². The number of hydrogen-bond donors (Lipinski definition) is 1. The molecular formula is C37H39N3O9S. The van der Waals surface area contributed by atoms with Gasteiger partial charge in [-0.15, -0.1) is 5.48 Å². The van der Waals surface area contributed by atoms with Crippen molar-refractivity contribution in [3.05, 3.63) is 108 Å². The first kappa shape index (κ1) is 34.7. The van der Waals surface area contributed by atoms with Crippen LogP contribution in [0.2, 0.25) is 0 Å². The van der Waals surface area contributed by atoms with Crippen LogP contribution in [-0.2, 0) is 43.6 Å². The number of nitrogens with zero attached hydrogens (tertiary/aromatic N) is 2. The minimum atomic E-state index is -3.87. The molecule has 3 heterocycles. The summed E-state index contributed by atoms with van der Waals surface area (Å²) in [5, 5.41) is -0.118. The Morgan fingerprint density at radius 1 is 0.960 bits per heavy atom. The van der Waals surface area contributed by atoms with Gasteiger partial charge in [-0.05, 0) is 78.8 Å². The molecule has 1 atom stereocenters. The third-order valence-electron chi connectivity index (χ3n) is 8.94. The van der Waals surface area contributed by atoms with Crippen LogP contribution in [0, 0.1) is 11.8 Å². The molecule has 0 aliphatic carbocycles. The van der Waals surface area contributed by atoms with Crippen molar-refractivity contribution in [2.24, 2.45) is 11.8 Å². The zero-order chi connectivity index (χ0) is 34.9. The second-order valence-electron chi connectivity index (χ2n) is 12.1. The molecule has 1 saturated heterocycles. The van der Waals surface area contributed by atoms with Crippen LogP contribution in [0.15, 0.2) is 101 Å². The average Bonchev–Trinajstić information content (AvgIpc) is 3.64. The quantitative estimate of drug-likeness (QED) is 0.185. The molecule has 262 valence electrons. The summed E-state index contributed by atoms with van der Waals surface area (Å²) in [5.41, 5.74) is 5.22. The third kappa shape index (κ3) is 8.35. The fraction of sp³-hybridized carbons (Fsp3) is 0.324. The number of pyridine rings is 1. The second kappa shape index (κ2) is 16.0. The second-order valence-corrected chi connectivity index (χ2v) is 14.0. The van der Waals surface area contributed by atoms with E-state index in [1.54, 1.807) is 23.1 Å². The molecule has 12 nitrogen and oxygen atoms in total. The number of sulfone groups is 1. The van der Waals surface area contributed by atoms with Gasteiger partial charge in [0.05, 0.1) is 31.1 Å². The summed E-state index contributed by atoms with van der Waals surface area (Å²) in [5.74, 6) is 1.01. The normalized spacial score (nSPS) is 14.9. The minimum absolute atomic E-state index is 0.0280. The van der Waals surface area contributed by atoms with Crippen LogP contribution in [0.5, 0.6) is 17.2 Å². The Balaban J connectivity index is 1.03. The maximum atomic E-state index is 13.5. The Morgan fingerprint density at radius 3 is 2.50 bits per heavy atom. The number of hydrogen-bond acceptors (Lipinski definition) is 11. The van der Waals surface area contributed by atoms with E-state index in [1.807, 2.05) is 48.5 Å². The largest absolute Gasteiger partial charge is 0.497 e. The molecule has 0 radical (unpaired) electrons. The van der Waals surface area contributed by atoms with Crippen LogP contribution in [0.1, 0.15) is 29.5 Å². The van der Waals surface area contributed by atoms with E-state index in [-0.39, 0.29) is 41.9 Å². The highest BCUT2D eigenvalue weighted by atomic mass is 32.2. The summed E-state index contributed by atoms with van der Waals surface area (Å²) in [7, 11) is -2.36. The Labute approximate surface area is 291 Å². The van der Waals surface area contributed by atoms with Gasteiger partial charge in [0, 0.05) is 31.3 Å². The highest BCUT2D eigenvalue weighted by molar-refractivity contribution is 7.91. The van der Waals surface area contributed by atoms with E-state index in [2.05, 4.69) is 10.5 Å². The van der Waals surface area contributed by atoms with Crippen LogP contribution in [0.4, 0.5) is 4.79 Å². The molecule has 1 aromatic heterocycles. The maximum absolute atomic E-state index is 13.5. The lowest BCUT2D eigenvalue weighted by molar-refractivity contribution is -0.159. The molecule has 1 N–H and O–H groups in total. The first-order valence-corrected chi connectivity index (χ1v) is 17.9. The lowest BCUT2D eigenvalue weighted by atomic mass is 9.81. The number of carbonyl (C=O) groups is 2. The summed E-state index contributed by atoms with van der Waals surface area (Å²) in [6, 6.07) is 24.6. The van der Waals surface area contributed by atoms with Crippen molar-refractivity contribution in [3.63, 3.8) is 0 Å². The molecule has 0 saturated carbocycles. The van der Waals surface area contributed by atoms with E-state index in [4.69, 9.17) is 23.8 Å². The number of rotatable bonds is 13. The minimum Gasteiger partial charge on any atom is -0.497 e. The molecule has 3 aromatic carbocycles. The molecule has 13 heteroatoms. The molecule has 2 aliphatic heterocycles. The van der Waals surface area contributed by atoms with Gasteiger partial charge < -0.3 is 28.7 Å². The lowest BCUT2D eigenvalue weighted by Crippen LogP contribution is -2.43. The van der Waals surface area contributed by atoms with Crippen molar-refractivity contribution in [1.82, 2.24) is 15.4 Å². The molecule has 1 fully saturated rings. The van der Waals surface area contributed by atoms with Gasteiger partial charge in [-0.1, -0.05) is 42.5 Å². The molecule has 0 spiro atoms. The Morgan fingerprint density at radius 2 is 1.74 bits per heavy atom. The number of carbonyl (C=O) groups excluding carboxylic acids is 2. The van der Waals surface area contributed by atoms with Crippen LogP contribution >= 0.6 is 0 Å². The van der Waals surface area contributed by atoms with Gasteiger partial charge in [0.1, 0.15) is 5.75 Å². The highest BCUT2D eigenvalue weighted by Crippen LogP contribution is 2.35. The molecular weight excluding hydrogens is 662 g/mol. The van der Waals surface area contributed by atoms with Crippen molar-refractivity contribution in [2.45, 2.75) is 42.1 Å². The number of para-hydroxylation sites is 1. The summed E-state index contributed by atoms with van der Waals surface area (Å²) < 4.78 is 48.0. The van der Waals surface area contributed by atoms with Crippen molar-refractivity contribution in [1.29, 1.82) is 0 Å². The van der Waals surface area contributed by atoms with E-state index < -0.39 is 21.7 Å². The van der Waals surface area contributed by atoms with E-state index in [9.17, 15) is 18.0 Å². The van der Waals surface area contributed by atoms with E-state index in [0.29, 0.717) is 61.6 Å². The van der Waals surface area contributed by atoms with Gasteiger partial charge in [-0.2, -0.15) is 0 Å². The van der Waals surface area contributed by atoms with Gasteiger partial charge in [0.25, 0.3) is 0 Å². The van der Waals surface area contributed by atoms with Crippen LogP contribution in [0.3, 0.4) is 0 Å². The smallest absolute Gasteiger partial charge is 0.409 e. The number of amides is 1. The van der Waals surface area contributed by atoms with E-state index >= 15 is 0 Å². The average molecular weight is 702 g/mol. The lowest BCUT2D eigenvalue weighted by Gasteiger charge is -2.34. The SMILES string of the molecule is COc1ccc(S(=O)(=O)c2cc(CNOC(=O)[C@H](Cc3ccccc3)C3CCN(C(=O)OCCc4cccc5c4OCO5)CC3)ccn2)cc1. The van der Waals surface area contributed by atoms with Crippen molar-refractivity contribution in [2.75, 3.05) is 33.6 Å². The molecule has 0 unspecified atom stereocenters. The van der Waals surface area contributed by atoms with Gasteiger partial charge >= 0.3 is 12.1 Å². The zero-order valence-electron chi connectivity index (χ0n) is 27.7. The topological polar surface area (TPSA) is 143 Å². The van der Waals surface area contributed by atoms with Gasteiger partial charge in [0.2, 0.25) is 16.6 Å². The number of ether oxygens (including phenoxy) is 4. The summed E-state index contributed by atoms with van der Waals surface area (Å²) in [6.45, 7) is 1.37. The monoisotopic (exact) mass is 701 g/mol. The fourth-order valence-corrected chi connectivity index (χ4v) is 7.41. The van der Waals surface area contributed by atoms with E-state index in [0.717, 1.165) is 11.1 Å². The van der Waals surface area contributed by atoms with Crippen molar-refractivity contribution < 1.29 is 41.8 Å². The number of nitrogens with one attached hydrogen (secondary N) is 1. The maximum Gasteiger partial charge on any atom is 0.409 e. The van der Waals surface area contributed by atoms with E-state index in [1.165, 1.54) is 31.5 Å². The number of hydroxylamine groups is 1. The van der Waals surface area contributed by atoms with Crippen LogP contribution in [0.25, 0.3) is 0 Å². The molecule has 6 rings (SSSR count). The first-order valence-electron chi connectivity index (χ1n) is 16.4. The Kier molecular flexibility index (Phi) is 11.1. The number of fused-ring (bicyclic) bond motifs is 1. The summed E-state index contributed by atoms with van der Waals surface area (Å²) >= 11 is 0. The highest BCUT2D eigenvalue weighted by Gasteiger charge is 2.34. The summed E-state index contributed by atoms with van der Waals surface area (Å²) in [6.07, 6.45) is 3.22. The zero-order valence-corrected chi connectivity index (χ0v) is 28.5. The first-order chi connectivity index (χ1) is 24.3. The van der Waals surface area contributed by atoms with Crippen LogP contribution < -0.4 is 19.7 Å². The van der Waals surface area contributed by atoms with Gasteiger partial charge in [0.15, 0.2) is 16.5 Å². The predicted octanol–water partition coefficient (Wildman–Crippen LogP) is 5.15. The molecule has 1 amide bonds. The molecule has 2 aliphatic rings. The number of benzene rings is 3. The summed E-state index contributed by atoms with van der Waals surface area (Å²) in [4.78, 5) is 37.8. The number of piperidine rings is 1. The Hall–Kier alpha value is -5.14. The molecule has 50 heavy (non-hydrogen) atoms. The molecule has 0 bridgehead atoms. The van der Waals surface area contributed by atoms with Gasteiger partial charge in [-0.3, -0.25) is 4.79 Å². The third-order valence-corrected chi connectivity index (χ3v) is 10.6. The molecule has 4 aromatic rings. The Bertz CT molecular complexity index is 1880. The number of aromatic nitrogens is 1. The predicted molar refractivity (Wildman–Crippen MR) is 181 cm³/mol. The van der Waals surface area contributed by atoms with Crippen molar-refractivity contribution in [3.8, 4) is 17.2 Å². The van der Waals surface area contributed by atoms with Crippen molar-refractivity contribution >= 4 is 21.9 Å². The standard InChI is InChI=1S/C37H39N3O9S/c1-45-30-10-12-31(13-11-30)50(43,44)34-23-27(14-18-38-34)24-39-49-36(41)32(22-26-6-3-2-4-7-26)28-15-19-40(20-16-28)37(42)46-21-17-29-8-5-9-33-35(29)48-25-47-33/h2-14,18,23,28,32,39H,15-17,19-22,24-25H2,1H3/t32-/m1/s1. The number of likely N-dealkylation sites (tertiary alicyclic amines) is 1. The fourth-order valence-electron chi connectivity index (χ4n) is 6.17.